The van der Waals surface area contributed by atoms with Crippen LogP contribution >= 0.6 is 15.9 Å². The van der Waals surface area contributed by atoms with Crippen LogP contribution in [0.3, 0.4) is 0 Å². The number of hydrogen-bond acceptors (Lipinski definition) is 2. The number of halogens is 1. The van der Waals surface area contributed by atoms with E-state index in [0.29, 0.717) is 5.92 Å². The first kappa shape index (κ1) is 11.0. The molecule has 3 rings (SSSR count). The van der Waals surface area contributed by atoms with Gasteiger partial charge in [0, 0.05) is 12.5 Å². The van der Waals surface area contributed by atoms with E-state index in [0.717, 1.165) is 29.9 Å². The highest BCUT2D eigenvalue weighted by molar-refractivity contribution is 9.08. The predicted octanol–water partition coefficient (Wildman–Crippen LogP) is 2.88. The molecular weight excluding hydrogens is 278 g/mol. The van der Waals surface area contributed by atoms with Crippen molar-refractivity contribution >= 4 is 15.9 Å². The van der Waals surface area contributed by atoms with Gasteiger partial charge < -0.3 is 4.57 Å². The molecule has 2 aromatic rings. The Kier molecular flexibility index (Phi) is 2.74. The lowest BCUT2D eigenvalue weighted by Crippen LogP contribution is -2.22. The smallest absolute Gasteiger partial charge is 0.143 e. The maximum absolute atomic E-state index is 4.36. The Morgan fingerprint density at radius 3 is 2.88 bits per heavy atom. The average molecular weight is 292 g/mol. The highest BCUT2D eigenvalue weighted by atomic mass is 79.9. The summed E-state index contributed by atoms with van der Waals surface area (Å²) in [5.74, 6) is 2.57. The van der Waals surface area contributed by atoms with Gasteiger partial charge in [-0.05, 0) is 24.5 Å². The molecule has 88 valence electrons. The van der Waals surface area contributed by atoms with Gasteiger partial charge in [0.25, 0.3) is 0 Å². The van der Waals surface area contributed by atoms with Gasteiger partial charge in [-0.25, -0.2) is 0 Å². The first-order chi connectivity index (χ1) is 8.35. The van der Waals surface area contributed by atoms with Gasteiger partial charge in [-0.2, -0.15) is 0 Å². The zero-order valence-electron chi connectivity index (χ0n) is 9.73. The average Bonchev–Trinajstić information content (AvgIpc) is 2.73. The lowest BCUT2D eigenvalue weighted by atomic mass is 9.77. The molecule has 0 N–H and O–H groups in total. The summed E-state index contributed by atoms with van der Waals surface area (Å²) in [6.07, 6.45) is 1.09. The maximum Gasteiger partial charge on any atom is 0.143 e. The molecule has 3 nitrogen and oxygen atoms in total. The standard InChI is InChI=1S/C13H14BrN3/c1-2-17-12(8-14)15-16-13(17)11-7-9-5-3-4-6-10(9)11/h3-6,11H,2,7-8H2,1H3. The Morgan fingerprint density at radius 2 is 2.18 bits per heavy atom. The van der Waals surface area contributed by atoms with E-state index in [-0.39, 0.29) is 0 Å². The van der Waals surface area contributed by atoms with Gasteiger partial charge in [-0.3, -0.25) is 0 Å². The van der Waals surface area contributed by atoms with Crippen molar-refractivity contribution in [1.82, 2.24) is 14.8 Å². The number of aromatic nitrogens is 3. The van der Waals surface area contributed by atoms with Crippen LogP contribution in [0, 0.1) is 0 Å². The minimum absolute atomic E-state index is 0.437. The van der Waals surface area contributed by atoms with E-state index < -0.39 is 0 Å². The van der Waals surface area contributed by atoms with Crippen LogP contribution in [-0.4, -0.2) is 14.8 Å². The lowest BCUT2D eigenvalue weighted by Gasteiger charge is -2.29. The van der Waals surface area contributed by atoms with Crippen molar-refractivity contribution in [2.24, 2.45) is 0 Å². The zero-order chi connectivity index (χ0) is 11.8. The summed E-state index contributed by atoms with van der Waals surface area (Å²) in [6.45, 7) is 3.07. The van der Waals surface area contributed by atoms with Crippen molar-refractivity contribution in [3.05, 3.63) is 47.0 Å². The van der Waals surface area contributed by atoms with Gasteiger partial charge in [0.2, 0.25) is 0 Å². The van der Waals surface area contributed by atoms with E-state index in [2.05, 4.69) is 61.9 Å². The summed E-state index contributed by atoms with van der Waals surface area (Å²) >= 11 is 3.46. The fraction of sp³-hybridized carbons (Fsp3) is 0.385. The molecule has 0 amide bonds. The van der Waals surface area contributed by atoms with Crippen molar-refractivity contribution in [2.45, 2.75) is 31.1 Å². The molecule has 1 aromatic carbocycles. The molecule has 17 heavy (non-hydrogen) atoms. The van der Waals surface area contributed by atoms with E-state index in [4.69, 9.17) is 0 Å². The molecule has 1 heterocycles. The van der Waals surface area contributed by atoms with Gasteiger partial charge in [0.1, 0.15) is 11.6 Å². The monoisotopic (exact) mass is 291 g/mol. The van der Waals surface area contributed by atoms with E-state index in [1.165, 1.54) is 11.1 Å². The summed E-state index contributed by atoms with van der Waals surface area (Å²) in [4.78, 5) is 0. The van der Waals surface area contributed by atoms with Crippen LogP contribution in [0.2, 0.25) is 0 Å². The zero-order valence-corrected chi connectivity index (χ0v) is 11.3. The molecule has 1 atom stereocenters. The minimum atomic E-state index is 0.437. The molecule has 0 fully saturated rings. The Morgan fingerprint density at radius 1 is 1.35 bits per heavy atom. The Hall–Kier alpha value is -1.16. The second-order valence-corrected chi connectivity index (χ2v) is 4.87. The number of rotatable bonds is 3. The van der Waals surface area contributed by atoms with Gasteiger partial charge in [0.15, 0.2) is 0 Å². The van der Waals surface area contributed by atoms with Gasteiger partial charge in [0.05, 0.1) is 5.33 Å². The van der Waals surface area contributed by atoms with Gasteiger partial charge in [-0.15, -0.1) is 10.2 Å². The van der Waals surface area contributed by atoms with Crippen LogP contribution < -0.4 is 0 Å². The summed E-state index contributed by atoms with van der Waals surface area (Å²) in [5, 5.41) is 9.38. The van der Waals surface area contributed by atoms with Crippen LogP contribution in [0.5, 0.6) is 0 Å². The van der Waals surface area contributed by atoms with Crippen LogP contribution in [0.15, 0.2) is 24.3 Å². The molecule has 1 aromatic heterocycles. The lowest BCUT2D eigenvalue weighted by molar-refractivity contribution is 0.590. The number of alkyl halides is 1. The van der Waals surface area contributed by atoms with Gasteiger partial charge in [-0.1, -0.05) is 40.2 Å². The molecule has 4 heteroatoms. The van der Waals surface area contributed by atoms with Crippen molar-refractivity contribution in [2.75, 3.05) is 0 Å². The molecule has 1 aliphatic rings. The van der Waals surface area contributed by atoms with E-state index in [9.17, 15) is 0 Å². The molecule has 1 aliphatic carbocycles. The molecule has 0 saturated carbocycles. The molecule has 0 aliphatic heterocycles. The Bertz CT molecular complexity index is 547. The van der Waals surface area contributed by atoms with Crippen molar-refractivity contribution < 1.29 is 0 Å². The largest absolute Gasteiger partial charge is 0.314 e. The van der Waals surface area contributed by atoms with Crippen LogP contribution in [0.25, 0.3) is 0 Å². The van der Waals surface area contributed by atoms with E-state index in [1.54, 1.807) is 0 Å². The van der Waals surface area contributed by atoms with Crippen LogP contribution in [0.4, 0.5) is 0 Å². The summed E-state index contributed by atoms with van der Waals surface area (Å²) in [5.41, 5.74) is 2.86. The van der Waals surface area contributed by atoms with Crippen molar-refractivity contribution in [3.8, 4) is 0 Å². The van der Waals surface area contributed by atoms with E-state index in [1.807, 2.05) is 0 Å². The fourth-order valence-corrected chi connectivity index (χ4v) is 2.95. The second kappa shape index (κ2) is 4.26. The SMILES string of the molecule is CCn1c(CBr)nnc1C1Cc2ccccc21. The predicted molar refractivity (Wildman–Crippen MR) is 70.3 cm³/mol. The summed E-state index contributed by atoms with van der Waals surface area (Å²) in [6, 6.07) is 8.60. The molecule has 0 radical (unpaired) electrons. The van der Waals surface area contributed by atoms with Crippen LogP contribution in [0.1, 0.15) is 35.6 Å². The molecule has 0 spiro atoms. The number of benzene rings is 1. The first-order valence-electron chi connectivity index (χ1n) is 5.91. The van der Waals surface area contributed by atoms with Crippen LogP contribution in [-0.2, 0) is 18.3 Å². The maximum atomic E-state index is 4.36. The topological polar surface area (TPSA) is 30.7 Å². The Balaban J connectivity index is 2.00. The number of hydrogen-bond donors (Lipinski definition) is 0. The molecule has 0 saturated heterocycles. The minimum Gasteiger partial charge on any atom is -0.314 e. The number of nitrogens with zero attached hydrogens (tertiary/aromatic N) is 3. The molecule has 1 unspecified atom stereocenters. The fourth-order valence-electron chi connectivity index (χ4n) is 2.54. The summed E-state index contributed by atoms with van der Waals surface area (Å²) < 4.78 is 2.22. The molecular formula is C13H14BrN3. The van der Waals surface area contributed by atoms with E-state index >= 15 is 0 Å². The third-order valence-electron chi connectivity index (χ3n) is 3.46. The van der Waals surface area contributed by atoms with Crippen molar-refractivity contribution in [1.29, 1.82) is 0 Å². The Labute approximate surface area is 109 Å². The third kappa shape index (κ3) is 1.62. The molecule has 0 bridgehead atoms. The first-order valence-corrected chi connectivity index (χ1v) is 7.03. The van der Waals surface area contributed by atoms with Gasteiger partial charge >= 0.3 is 0 Å². The quantitative estimate of drug-likeness (QED) is 0.814. The normalized spacial score (nSPS) is 17.6. The van der Waals surface area contributed by atoms with Crippen molar-refractivity contribution in [3.63, 3.8) is 0 Å². The second-order valence-electron chi connectivity index (χ2n) is 4.31. The number of fused-ring (bicyclic) bond motifs is 1. The summed E-state index contributed by atoms with van der Waals surface area (Å²) in [7, 11) is 0. The highest BCUT2D eigenvalue weighted by Gasteiger charge is 2.31. The highest BCUT2D eigenvalue weighted by Crippen LogP contribution is 2.39. The third-order valence-corrected chi connectivity index (χ3v) is 3.96.